The topological polar surface area (TPSA) is 49.3 Å². The van der Waals surface area contributed by atoms with Gasteiger partial charge in [-0.15, -0.1) is 0 Å². The van der Waals surface area contributed by atoms with E-state index in [-0.39, 0.29) is 12.5 Å². The van der Waals surface area contributed by atoms with E-state index >= 15 is 0 Å². The number of rotatable bonds is 4. The lowest BCUT2D eigenvalue weighted by molar-refractivity contribution is -0.133. The molecule has 1 saturated carbocycles. The van der Waals surface area contributed by atoms with Gasteiger partial charge < -0.3 is 10.4 Å². The Balaban J connectivity index is 2.26. The molecule has 3 nitrogen and oxygen atoms in total. The molecule has 1 fully saturated rings. The van der Waals surface area contributed by atoms with E-state index in [4.69, 9.17) is 0 Å². The van der Waals surface area contributed by atoms with Crippen molar-refractivity contribution in [1.82, 2.24) is 0 Å². The SMILES string of the molecule is Cc1cccc(C(C)C)c1NC(=O)C1(CO)CCC1. The van der Waals surface area contributed by atoms with Crippen molar-refractivity contribution in [3.8, 4) is 0 Å². The predicted molar refractivity (Wildman–Crippen MR) is 77.3 cm³/mol. The standard InChI is InChI=1S/C16H23NO2/c1-11(2)13-7-4-6-12(3)14(13)17-15(19)16(10-18)8-5-9-16/h4,6-7,11,18H,5,8-10H2,1-3H3,(H,17,19). The number of amides is 1. The van der Waals surface area contributed by atoms with Crippen LogP contribution in [0.15, 0.2) is 18.2 Å². The second kappa shape index (κ2) is 5.33. The fourth-order valence-electron chi connectivity index (χ4n) is 2.65. The maximum atomic E-state index is 12.4. The largest absolute Gasteiger partial charge is 0.395 e. The third-order valence-electron chi connectivity index (χ3n) is 4.26. The second-order valence-corrected chi connectivity index (χ2v) is 5.94. The first-order chi connectivity index (χ1) is 9.00. The van der Waals surface area contributed by atoms with Crippen LogP contribution in [0.4, 0.5) is 5.69 Å². The van der Waals surface area contributed by atoms with Crippen molar-refractivity contribution in [3.05, 3.63) is 29.3 Å². The van der Waals surface area contributed by atoms with Gasteiger partial charge in [-0.25, -0.2) is 0 Å². The summed E-state index contributed by atoms with van der Waals surface area (Å²) in [6.45, 7) is 6.20. The fourth-order valence-corrected chi connectivity index (χ4v) is 2.65. The monoisotopic (exact) mass is 261 g/mol. The Bertz CT molecular complexity index is 470. The Morgan fingerprint density at radius 1 is 1.42 bits per heavy atom. The van der Waals surface area contributed by atoms with Crippen LogP contribution in [0.1, 0.15) is 50.2 Å². The minimum absolute atomic E-state index is 0.0301. The lowest BCUT2D eigenvalue weighted by Gasteiger charge is -2.38. The van der Waals surface area contributed by atoms with E-state index in [1.165, 1.54) is 0 Å². The van der Waals surface area contributed by atoms with Gasteiger partial charge in [0.05, 0.1) is 12.0 Å². The summed E-state index contributed by atoms with van der Waals surface area (Å²) >= 11 is 0. The van der Waals surface area contributed by atoms with Crippen molar-refractivity contribution in [2.75, 3.05) is 11.9 Å². The van der Waals surface area contributed by atoms with E-state index in [1.807, 2.05) is 19.1 Å². The molecule has 0 aliphatic heterocycles. The molecular formula is C16H23NO2. The number of nitrogens with one attached hydrogen (secondary N) is 1. The quantitative estimate of drug-likeness (QED) is 0.874. The van der Waals surface area contributed by atoms with Crippen LogP contribution in [0.5, 0.6) is 0 Å². The molecule has 1 aromatic carbocycles. The Morgan fingerprint density at radius 2 is 2.11 bits per heavy atom. The Morgan fingerprint density at radius 3 is 2.58 bits per heavy atom. The normalized spacial score (nSPS) is 17.1. The van der Waals surface area contributed by atoms with Crippen LogP contribution < -0.4 is 5.32 Å². The zero-order valence-electron chi connectivity index (χ0n) is 12.0. The van der Waals surface area contributed by atoms with Gasteiger partial charge in [-0.1, -0.05) is 38.5 Å². The van der Waals surface area contributed by atoms with Crippen molar-refractivity contribution >= 4 is 11.6 Å². The van der Waals surface area contributed by atoms with Crippen LogP contribution in [0.3, 0.4) is 0 Å². The number of anilines is 1. The summed E-state index contributed by atoms with van der Waals surface area (Å²) in [6, 6.07) is 6.08. The van der Waals surface area contributed by atoms with Gasteiger partial charge in [0.25, 0.3) is 0 Å². The van der Waals surface area contributed by atoms with Gasteiger partial charge in [0.1, 0.15) is 0 Å². The summed E-state index contributed by atoms with van der Waals surface area (Å²) in [4.78, 5) is 12.4. The van der Waals surface area contributed by atoms with Gasteiger partial charge in [0.2, 0.25) is 5.91 Å². The van der Waals surface area contributed by atoms with Gasteiger partial charge >= 0.3 is 0 Å². The van der Waals surface area contributed by atoms with E-state index in [0.29, 0.717) is 5.92 Å². The zero-order chi connectivity index (χ0) is 14.0. The molecule has 3 heteroatoms. The van der Waals surface area contributed by atoms with Gasteiger partial charge in [-0.05, 0) is 36.8 Å². The molecule has 0 bridgehead atoms. The maximum absolute atomic E-state index is 12.4. The van der Waals surface area contributed by atoms with Crippen LogP contribution in [-0.2, 0) is 4.79 Å². The number of aryl methyl sites for hydroxylation is 1. The number of benzene rings is 1. The van der Waals surface area contributed by atoms with E-state index in [2.05, 4.69) is 25.2 Å². The molecule has 1 amide bonds. The lowest BCUT2D eigenvalue weighted by atomic mass is 9.68. The number of aliphatic hydroxyl groups is 1. The summed E-state index contributed by atoms with van der Waals surface area (Å²) in [7, 11) is 0. The Hall–Kier alpha value is -1.35. The smallest absolute Gasteiger partial charge is 0.232 e. The van der Waals surface area contributed by atoms with Crippen molar-refractivity contribution in [2.24, 2.45) is 5.41 Å². The highest BCUT2D eigenvalue weighted by atomic mass is 16.3. The molecule has 0 unspecified atom stereocenters. The van der Waals surface area contributed by atoms with Gasteiger partial charge in [-0.2, -0.15) is 0 Å². The highest BCUT2D eigenvalue weighted by Gasteiger charge is 2.43. The van der Waals surface area contributed by atoms with Crippen molar-refractivity contribution < 1.29 is 9.90 Å². The third kappa shape index (κ3) is 2.52. The highest BCUT2D eigenvalue weighted by Crippen LogP contribution is 2.42. The Labute approximate surface area is 115 Å². The number of aliphatic hydroxyl groups excluding tert-OH is 1. The first-order valence-electron chi connectivity index (χ1n) is 7.02. The average molecular weight is 261 g/mol. The van der Waals surface area contributed by atoms with Crippen molar-refractivity contribution in [2.45, 2.75) is 46.0 Å². The summed E-state index contributed by atoms with van der Waals surface area (Å²) < 4.78 is 0. The van der Waals surface area contributed by atoms with E-state index < -0.39 is 5.41 Å². The molecule has 0 heterocycles. The highest BCUT2D eigenvalue weighted by molar-refractivity contribution is 5.97. The molecular weight excluding hydrogens is 238 g/mol. The Kier molecular flexibility index (Phi) is 3.95. The zero-order valence-corrected chi connectivity index (χ0v) is 12.0. The number of hydrogen-bond donors (Lipinski definition) is 2. The van der Waals surface area contributed by atoms with E-state index in [0.717, 1.165) is 36.1 Å². The lowest BCUT2D eigenvalue weighted by Crippen LogP contribution is -2.45. The van der Waals surface area contributed by atoms with E-state index in [9.17, 15) is 9.90 Å². The number of para-hydroxylation sites is 1. The molecule has 2 rings (SSSR count). The first-order valence-corrected chi connectivity index (χ1v) is 7.02. The molecule has 0 saturated heterocycles. The maximum Gasteiger partial charge on any atom is 0.232 e. The molecule has 0 aromatic heterocycles. The van der Waals surface area contributed by atoms with Crippen LogP contribution >= 0.6 is 0 Å². The second-order valence-electron chi connectivity index (χ2n) is 5.94. The molecule has 1 aliphatic carbocycles. The number of carbonyl (C=O) groups is 1. The molecule has 19 heavy (non-hydrogen) atoms. The molecule has 2 N–H and O–H groups in total. The molecule has 0 spiro atoms. The number of hydrogen-bond acceptors (Lipinski definition) is 2. The van der Waals surface area contributed by atoms with E-state index in [1.54, 1.807) is 0 Å². The van der Waals surface area contributed by atoms with Crippen LogP contribution in [0.2, 0.25) is 0 Å². The summed E-state index contributed by atoms with van der Waals surface area (Å²) in [5, 5.41) is 12.5. The summed E-state index contributed by atoms with van der Waals surface area (Å²) in [5.74, 6) is 0.333. The molecule has 1 aliphatic rings. The van der Waals surface area contributed by atoms with Gasteiger partial charge in [0.15, 0.2) is 0 Å². The summed E-state index contributed by atoms with van der Waals surface area (Å²) in [5.41, 5.74) is 2.60. The van der Waals surface area contributed by atoms with Crippen molar-refractivity contribution in [3.63, 3.8) is 0 Å². The van der Waals surface area contributed by atoms with Gasteiger partial charge in [-0.3, -0.25) is 4.79 Å². The van der Waals surface area contributed by atoms with Gasteiger partial charge in [0, 0.05) is 5.69 Å². The van der Waals surface area contributed by atoms with Crippen molar-refractivity contribution in [1.29, 1.82) is 0 Å². The first kappa shape index (κ1) is 14.1. The van der Waals surface area contributed by atoms with Crippen LogP contribution in [0, 0.1) is 12.3 Å². The fraction of sp³-hybridized carbons (Fsp3) is 0.562. The third-order valence-corrected chi connectivity index (χ3v) is 4.26. The van der Waals surface area contributed by atoms with Crippen LogP contribution in [0.25, 0.3) is 0 Å². The number of carbonyl (C=O) groups excluding carboxylic acids is 1. The molecule has 1 aromatic rings. The minimum Gasteiger partial charge on any atom is -0.395 e. The van der Waals surface area contributed by atoms with Crippen LogP contribution in [-0.4, -0.2) is 17.6 Å². The predicted octanol–water partition coefficient (Wildman–Crippen LogP) is 3.22. The molecule has 104 valence electrons. The molecule has 0 radical (unpaired) electrons. The average Bonchev–Trinajstić information content (AvgIpc) is 2.30. The summed E-state index contributed by atoms with van der Waals surface area (Å²) in [6.07, 6.45) is 2.61. The molecule has 0 atom stereocenters. The minimum atomic E-state index is -0.545.